The molecular weight excluding hydrogens is 331 g/mol. The van der Waals surface area contributed by atoms with Crippen molar-refractivity contribution in [1.29, 1.82) is 0 Å². The molecule has 2 amide bonds. The zero-order valence-corrected chi connectivity index (χ0v) is 13.4. The summed E-state index contributed by atoms with van der Waals surface area (Å²) in [6, 6.07) is 15.0. The molecule has 0 unspecified atom stereocenters. The van der Waals surface area contributed by atoms with E-state index in [-0.39, 0.29) is 29.6 Å². The molecule has 0 saturated carbocycles. The smallest absolute Gasteiger partial charge is 0.278 e. The van der Waals surface area contributed by atoms with Gasteiger partial charge >= 0.3 is 0 Å². The van der Waals surface area contributed by atoms with Crippen LogP contribution in [0.3, 0.4) is 0 Å². The first-order valence-electron chi connectivity index (χ1n) is 7.34. The fourth-order valence-electron chi connectivity index (χ4n) is 2.40. The fourth-order valence-corrected chi connectivity index (χ4v) is 2.65. The molecule has 2 aromatic rings. The highest BCUT2D eigenvalue weighted by atomic mass is 35.5. The maximum absolute atomic E-state index is 12.9. The zero-order valence-electron chi connectivity index (χ0n) is 12.6. The average molecular weight is 345 g/mol. The summed E-state index contributed by atoms with van der Waals surface area (Å²) in [6.07, 6.45) is 0. The van der Waals surface area contributed by atoms with Gasteiger partial charge in [-0.2, -0.15) is 0 Å². The number of halogens is 2. The number of benzene rings is 2. The second-order valence-corrected chi connectivity index (χ2v) is 5.73. The van der Waals surface area contributed by atoms with Crippen molar-refractivity contribution in [1.82, 2.24) is 10.2 Å². The lowest BCUT2D eigenvalue weighted by molar-refractivity contribution is -0.138. The number of nitrogens with zero attached hydrogens (tertiary/aromatic N) is 1. The van der Waals surface area contributed by atoms with E-state index in [1.54, 1.807) is 12.1 Å². The Morgan fingerprint density at radius 3 is 2.25 bits per heavy atom. The number of amides is 2. The topological polar surface area (TPSA) is 49.4 Å². The first kappa shape index (κ1) is 16.2. The third-order valence-electron chi connectivity index (χ3n) is 3.68. The van der Waals surface area contributed by atoms with Gasteiger partial charge in [-0.25, -0.2) is 4.39 Å². The molecule has 3 rings (SSSR count). The summed E-state index contributed by atoms with van der Waals surface area (Å²) >= 11 is 6.02. The molecular formula is C18H14ClFN2O2. The molecule has 0 bridgehead atoms. The molecule has 1 aliphatic heterocycles. The van der Waals surface area contributed by atoms with E-state index in [9.17, 15) is 14.0 Å². The summed E-state index contributed by atoms with van der Waals surface area (Å²) in [5.74, 6) is -1.32. The summed E-state index contributed by atoms with van der Waals surface area (Å²) in [5.41, 5.74) is 1.68. The molecule has 0 atom stereocenters. The standard InChI is InChI=1S/C18H14ClFN2O2/c19-15-16(21-10-12-6-8-14(20)9-7-12)18(24)22(17(15)23)11-13-4-2-1-3-5-13/h1-9,21H,10-11H2. The lowest BCUT2D eigenvalue weighted by atomic mass is 10.2. The first-order chi connectivity index (χ1) is 11.6. The first-order valence-corrected chi connectivity index (χ1v) is 7.72. The number of rotatable bonds is 5. The van der Waals surface area contributed by atoms with Crippen LogP contribution in [-0.4, -0.2) is 16.7 Å². The normalized spacial score (nSPS) is 14.5. The molecule has 24 heavy (non-hydrogen) atoms. The molecule has 1 aliphatic rings. The molecule has 0 aromatic heterocycles. The summed E-state index contributed by atoms with van der Waals surface area (Å²) in [4.78, 5) is 25.8. The highest BCUT2D eigenvalue weighted by Crippen LogP contribution is 2.24. The maximum Gasteiger partial charge on any atom is 0.278 e. The van der Waals surface area contributed by atoms with E-state index in [1.165, 1.54) is 12.1 Å². The van der Waals surface area contributed by atoms with Gasteiger partial charge < -0.3 is 5.32 Å². The minimum atomic E-state index is -0.521. The van der Waals surface area contributed by atoms with Crippen molar-refractivity contribution < 1.29 is 14.0 Å². The third kappa shape index (κ3) is 3.31. The number of hydrogen-bond acceptors (Lipinski definition) is 3. The molecule has 6 heteroatoms. The van der Waals surface area contributed by atoms with E-state index in [4.69, 9.17) is 11.6 Å². The quantitative estimate of drug-likeness (QED) is 0.848. The molecule has 2 aromatic carbocycles. The van der Waals surface area contributed by atoms with Gasteiger partial charge in [0, 0.05) is 6.54 Å². The van der Waals surface area contributed by atoms with Crippen LogP contribution in [0.5, 0.6) is 0 Å². The Hall–Kier alpha value is -2.66. The molecule has 1 N–H and O–H groups in total. The van der Waals surface area contributed by atoms with E-state index in [0.717, 1.165) is 16.0 Å². The van der Waals surface area contributed by atoms with Crippen LogP contribution in [0.1, 0.15) is 11.1 Å². The third-order valence-corrected chi connectivity index (χ3v) is 4.03. The molecule has 1 heterocycles. The van der Waals surface area contributed by atoms with Gasteiger partial charge in [0.05, 0.1) is 6.54 Å². The Balaban J connectivity index is 1.70. The number of imide groups is 1. The zero-order chi connectivity index (χ0) is 17.1. The molecule has 0 radical (unpaired) electrons. The second kappa shape index (κ2) is 6.84. The number of carbonyl (C=O) groups is 2. The van der Waals surface area contributed by atoms with Gasteiger partial charge in [0.25, 0.3) is 11.8 Å². The van der Waals surface area contributed by atoms with Gasteiger partial charge in [0.15, 0.2) is 0 Å². The van der Waals surface area contributed by atoms with Gasteiger partial charge in [-0.15, -0.1) is 0 Å². The van der Waals surface area contributed by atoms with Crippen molar-refractivity contribution in [3.8, 4) is 0 Å². The van der Waals surface area contributed by atoms with Crippen molar-refractivity contribution in [3.05, 3.63) is 82.3 Å². The molecule has 4 nitrogen and oxygen atoms in total. The van der Waals surface area contributed by atoms with Crippen LogP contribution >= 0.6 is 11.6 Å². The van der Waals surface area contributed by atoms with Crippen LogP contribution in [0.2, 0.25) is 0 Å². The Kier molecular flexibility index (Phi) is 4.62. The second-order valence-electron chi connectivity index (χ2n) is 5.35. The van der Waals surface area contributed by atoms with Crippen molar-refractivity contribution in [2.24, 2.45) is 0 Å². The van der Waals surface area contributed by atoms with Crippen LogP contribution in [0.25, 0.3) is 0 Å². The van der Waals surface area contributed by atoms with Gasteiger partial charge in [-0.3, -0.25) is 14.5 Å². The van der Waals surface area contributed by atoms with Crippen LogP contribution in [0.15, 0.2) is 65.3 Å². The van der Waals surface area contributed by atoms with Gasteiger partial charge in [-0.1, -0.05) is 54.1 Å². The molecule has 0 spiro atoms. The van der Waals surface area contributed by atoms with Gasteiger partial charge in [0.2, 0.25) is 0 Å². The lowest BCUT2D eigenvalue weighted by Gasteiger charge is -2.15. The average Bonchev–Trinajstić information content (AvgIpc) is 2.79. The molecule has 122 valence electrons. The SMILES string of the molecule is O=C1C(Cl)=C(NCc2ccc(F)cc2)C(=O)N1Cc1ccccc1. The summed E-state index contributed by atoms with van der Waals surface area (Å²) in [7, 11) is 0. The fraction of sp³-hybridized carbons (Fsp3) is 0.111. The number of nitrogens with one attached hydrogen (secondary N) is 1. The summed E-state index contributed by atoms with van der Waals surface area (Å²) in [5, 5.41) is 2.75. The van der Waals surface area contributed by atoms with E-state index in [2.05, 4.69) is 5.32 Å². The van der Waals surface area contributed by atoms with Crippen molar-refractivity contribution in [2.75, 3.05) is 0 Å². The molecule has 0 aliphatic carbocycles. The van der Waals surface area contributed by atoms with Crippen LogP contribution in [0, 0.1) is 5.82 Å². The number of carbonyl (C=O) groups excluding carboxylic acids is 2. The van der Waals surface area contributed by atoms with E-state index >= 15 is 0 Å². The predicted molar refractivity (Wildman–Crippen MR) is 88.1 cm³/mol. The van der Waals surface area contributed by atoms with Gasteiger partial charge in [0.1, 0.15) is 16.5 Å². The van der Waals surface area contributed by atoms with Gasteiger partial charge in [-0.05, 0) is 23.3 Å². The Morgan fingerprint density at radius 2 is 1.58 bits per heavy atom. The minimum absolute atomic E-state index is 0.0712. The molecule has 0 saturated heterocycles. The van der Waals surface area contributed by atoms with E-state index in [0.29, 0.717) is 0 Å². The monoisotopic (exact) mass is 344 g/mol. The highest BCUT2D eigenvalue weighted by molar-refractivity contribution is 6.47. The van der Waals surface area contributed by atoms with Crippen molar-refractivity contribution in [3.63, 3.8) is 0 Å². The predicted octanol–water partition coefficient (Wildman–Crippen LogP) is 2.93. The van der Waals surface area contributed by atoms with Crippen LogP contribution in [-0.2, 0) is 22.7 Å². The van der Waals surface area contributed by atoms with Crippen LogP contribution < -0.4 is 5.32 Å². The number of hydrogen-bond donors (Lipinski definition) is 1. The summed E-state index contributed by atoms with van der Waals surface area (Å²) in [6.45, 7) is 0.431. The highest BCUT2D eigenvalue weighted by Gasteiger charge is 2.37. The Bertz CT molecular complexity index is 804. The van der Waals surface area contributed by atoms with E-state index < -0.39 is 11.8 Å². The van der Waals surface area contributed by atoms with E-state index in [1.807, 2.05) is 30.3 Å². The Morgan fingerprint density at radius 1 is 0.917 bits per heavy atom. The maximum atomic E-state index is 12.9. The Labute approximate surface area is 143 Å². The van der Waals surface area contributed by atoms with Crippen molar-refractivity contribution in [2.45, 2.75) is 13.1 Å². The lowest BCUT2D eigenvalue weighted by Crippen LogP contribution is -2.33. The van der Waals surface area contributed by atoms with Crippen molar-refractivity contribution >= 4 is 23.4 Å². The largest absolute Gasteiger partial charge is 0.375 e. The van der Waals surface area contributed by atoms with Crippen LogP contribution in [0.4, 0.5) is 4.39 Å². The summed E-state index contributed by atoms with van der Waals surface area (Å²) < 4.78 is 12.9. The molecule has 0 fully saturated rings. The minimum Gasteiger partial charge on any atom is -0.375 e.